The van der Waals surface area contributed by atoms with Crippen molar-refractivity contribution in [3.8, 4) is 11.5 Å². The van der Waals surface area contributed by atoms with E-state index in [1.807, 2.05) is 59.2 Å². The summed E-state index contributed by atoms with van der Waals surface area (Å²) in [6.07, 6.45) is 1.67. The number of nitrogens with zero attached hydrogens (tertiary/aromatic N) is 3. The molecule has 0 bridgehead atoms. The lowest BCUT2D eigenvalue weighted by atomic mass is 10.2. The number of rotatable bonds is 5. The fourth-order valence-corrected chi connectivity index (χ4v) is 3.15. The van der Waals surface area contributed by atoms with Crippen LogP contribution in [0.2, 0.25) is 0 Å². The second-order valence-electron chi connectivity index (χ2n) is 6.47. The fraction of sp³-hybridized carbons (Fsp3) is 0.0952. The van der Waals surface area contributed by atoms with Crippen molar-refractivity contribution in [2.75, 3.05) is 0 Å². The first-order valence-electron chi connectivity index (χ1n) is 8.87. The largest absolute Gasteiger partial charge is 0.453 e. The van der Waals surface area contributed by atoms with Crippen LogP contribution in [0.15, 0.2) is 75.9 Å². The number of carbonyl (C=O) groups excluding carboxylic acids is 1. The quantitative estimate of drug-likeness (QED) is 0.508. The van der Waals surface area contributed by atoms with E-state index in [9.17, 15) is 4.79 Å². The number of carbonyl (C=O) groups is 1. The van der Waals surface area contributed by atoms with Crippen LogP contribution in [0.25, 0.3) is 33.5 Å². The smallest absolute Gasteiger partial charge is 0.240 e. The normalized spacial score (nSPS) is 11.3. The fourth-order valence-electron chi connectivity index (χ4n) is 3.15. The van der Waals surface area contributed by atoms with Crippen LogP contribution < -0.4 is 5.32 Å². The van der Waals surface area contributed by atoms with Crippen LogP contribution in [0.3, 0.4) is 0 Å². The predicted octanol–water partition coefficient (Wildman–Crippen LogP) is 3.75. The van der Waals surface area contributed by atoms with Gasteiger partial charge in [-0.1, -0.05) is 35.5 Å². The molecule has 3 aromatic heterocycles. The highest BCUT2D eigenvalue weighted by Crippen LogP contribution is 2.28. The van der Waals surface area contributed by atoms with Gasteiger partial charge < -0.3 is 18.8 Å². The van der Waals surface area contributed by atoms with E-state index in [2.05, 4.69) is 15.5 Å². The third kappa shape index (κ3) is 3.03. The predicted molar refractivity (Wildman–Crippen MR) is 103 cm³/mol. The van der Waals surface area contributed by atoms with E-state index in [4.69, 9.17) is 8.94 Å². The third-order valence-corrected chi connectivity index (χ3v) is 4.54. The van der Waals surface area contributed by atoms with Crippen molar-refractivity contribution in [2.24, 2.45) is 0 Å². The molecule has 0 saturated heterocycles. The Balaban J connectivity index is 1.25. The molecule has 5 aromatic rings. The topological polar surface area (TPSA) is 86.1 Å². The number of aromatic nitrogens is 3. The second-order valence-corrected chi connectivity index (χ2v) is 6.47. The Labute approximate surface area is 159 Å². The Hall–Kier alpha value is -3.87. The van der Waals surface area contributed by atoms with Gasteiger partial charge in [-0.15, -0.1) is 0 Å². The molecule has 0 unspecified atom stereocenters. The van der Waals surface area contributed by atoms with Crippen molar-refractivity contribution < 1.29 is 13.7 Å². The number of benzene rings is 2. The summed E-state index contributed by atoms with van der Waals surface area (Å²) in [5.41, 5.74) is 3.20. The van der Waals surface area contributed by atoms with Crippen LogP contribution in [0.5, 0.6) is 0 Å². The van der Waals surface area contributed by atoms with Gasteiger partial charge in [-0.25, -0.2) is 4.98 Å². The first-order chi connectivity index (χ1) is 13.8. The summed E-state index contributed by atoms with van der Waals surface area (Å²) in [5, 5.41) is 7.86. The highest BCUT2D eigenvalue weighted by Gasteiger charge is 2.13. The molecule has 5 rings (SSSR count). The van der Waals surface area contributed by atoms with Crippen LogP contribution in [-0.4, -0.2) is 20.6 Å². The molecule has 0 aliphatic heterocycles. The van der Waals surface area contributed by atoms with Crippen molar-refractivity contribution in [1.82, 2.24) is 20.0 Å². The standard InChI is InChI=1S/C21H16N4O3/c26-21(12-25-13-23-16-6-2-3-7-17(16)25)22-11-15-10-20(28-24-15)19-9-14-5-1-4-8-18(14)27-19/h1-10,13H,11-12H2,(H,22,26). The van der Waals surface area contributed by atoms with Crippen LogP contribution in [-0.2, 0) is 17.9 Å². The van der Waals surface area contributed by atoms with Crippen molar-refractivity contribution in [3.05, 3.63) is 72.7 Å². The van der Waals surface area contributed by atoms with E-state index in [0.29, 0.717) is 17.2 Å². The number of imidazole rings is 1. The van der Waals surface area contributed by atoms with Gasteiger partial charge in [0.05, 0.1) is 23.9 Å². The van der Waals surface area contributed by atoms with Gasteiger partial charge in [-0.05, 0) is 24.3 Å². The first-order valence-corrected chi connectivity index (χ1v) is 8.87. The minimum Gasteiger partial charge on any atom is -0.453 e. The van der Waals surface area contributed by atoms with Crippen LogP contribution in [0.4, 0.5) is 0 Å². The average Bonchev–Trinajstić information content (AvgIpc) is 3.44. The molecule has 138 valence electrons. The number of furan rings is 1. The Morgan fingerprint density at radius 3 is 2.82 bits per heavy atom. The molecule has 28 heavy (non-hydrogen) atoms. The highest BCUT2D eigenvalue weighted by atomic mass is 16.5. The molecule has 0 saturated carbocycles. The molecule has 0 radical (unpaired) electrons. The van der Waals surface area contributed by atoms with Crippen molar-refractivity contribution in [3.63, 3.8) is 0 Å². The molecular weight excluding hydrogens is 356 g/mol. The van der Waals surface area contributed by atoms with Gasteiger partial charge in [0, 0.05) is 11.5 Å². The lowest BCUT2D eigenvalue weighted by molar-refractivity contribution is -0.121. The lowest BCUT2D eigenvalue weighted by Gasteiger charge is -2.05. The lowest BCUT2D eigenvalue weighted by Crippen LogP contribution is -2.26. The van der Waals surface area contributed by atoms with Crippen molar-refractivity contribution >= 4 is 27.9 Å². The molecule has 7 nitrogen and oxygen atoms in total. The summed E-state index contributed by atoms with van der Waals surface area (Å²) in [7, 11) is 0. The molecular formula is C21H16N4O3. The molecule has 0 fully saturated rings. The monoisotopic (exact) mass is 372 g/mol. The number of hydrogen-bond acceptors (Lipinski definition) is 5. The van der Waals surface area contributed by atoms with E-state index in [0.717, 1.165) is 22.0 Å². The summed E-state index contributed by atoms with van der Waals surface area (Å²) >= 11 is 0. The van der Waals surface area contributed by atoms with E-state index in [1.165, 1.54) is 0 Å². The minimum absolute atomic E-state index is 0.128. The van der Waals surface area contributed by atoms with Crippen LogP contribution >= 0.6 is 0 Å². The van der Waals surface area contributed by atoms with Crippen LogP contribution in [0, 0.1) is 0 Å². The molecule has 0 aliphatic carbocycles. The molecule has 0 aliphatic rings. The Morgan fingerprint density at radius 1 is 1.04 bits per heavy atom. The molecule has 0 atom stereocenters. The van der Waals surface area contributed by atoms with Crippen molar-refractivity contribution in [1.29, 1.82) is 0 Å². The zero-order valence-corrected chi connectivity index (χ0v) is 14.8. The maximum atomic E-state index is 12.3. The average molecular weight is 372 g/mol. The molecule has 1 amide bonds. The van der Waals surface area contributed by atoms with Gasteiger partial charge in [0.2, 0.25) is 11.7 Å². The van der Waals surface area contributed by atoms with Gasteiger partial charge in [-0.3, -0.25) is 4.79 Å². The van der Waals surface area contributed by atoms with E-state index >= 15 is 0 Å². The summed E-state index contributed by atoms with van der Waals surface area (Å²) in [5.74, 6) is 1.01. The summed E-state index contributed by atoms with van der Waals surface area (Å²) in [6.45, 7) is 0.462. The Kier molecular flexibility index (Phi) is 3.90. The number of nitrogens with one attached hydrogen (secondary N) is 1. The second kappa shape index (κ2) is 6.70. The maximum Gasteiger partial charge on any atom is 0.240 e. The van der Waals surface area contributed by atoms with Gasteiger partial charge in [0.15, 0.2) is 5.76 Å². The molecule has 0 spiro atoms. The highest BCUT2D eigenvalue weighted by molar-refractivity contribution is 5.82. The number of amides is 1. The van der Waals surface area contributed by atoms with Crippen molar-refractivity contribution in [2.45, 2.75) is 13.1 Å². The van der Waals surface area contributed by atoms with E-state index in [-0.39, 0.29) is 19.0 Å². The number of para-hydroxylation sites is 3. The Morgan fingerprint density at radius 2 is 1.89 bits per heavy atom. The zero-order chi connectivity index (χ0) is 18.9. The van der Waals surface area contributed by atoms with E-state index in [1.54, 1.807) is 12.4 Å². The molecule has 3 heterocycles. The molecule has 1 N–H and O–H groups in total. The van der Waals surface area contributed by atoms with Gasteiger partial charge >= 0.3 is 0 Å². The SMILES string of the molecule is O=C(Cn1cnc2ccccc21)NCc1cc(-c2cc3ccccc3o2)on1. The number of hydrogen-bond donors (Lipinski definition) is 1. The summed E-state index contributed by atoms with van der Waals surface area (Å²) in [6, 6.07) is 19.1. The van der Waals surface area contributed by atoms with Crippen LogP contribution in [0.1, 0.15) is 5.69 Å². The molecule has 2 aromatic carbocycles. The third-order valence-electron chi connectivity index (χ3n) is 4.54. The summed E-state index contributed by atoms with van der Waals surface area (Å²) < 4.78 is 13.0. The molecule has 7 heteroatoms. The minimum atomic E-state index is -0.128. The Bertz CT molecular complexity index is 1250. The van der Waals surface area contributed by atoms with E-state index < -0.39 is 0 Å². The van der Waals surface area contributed by atoms with Gasteiger partial charge in [0.1, 0.15) is 17.8 Å². The van der Waals surface area contributed by atoms with Gasteiger partial charge in [-0.2, -0.15) is 0 Å². The zero-order valence-electron chi connectivity index (χ0n) is 14.8. The number of fused-ring (bicyclic) bond motifs is 2. The maximum absolute atomic E-state index is 12.3. The summed E-state index contributed by atoms with van der Waals surface area (Å²) in [4.78, 5) is 16.6. The van der Waals surface area contributed by atoms with Gasteiger partial charge in [0.25, 0.3) is 0 Å². The first kappa shape index (κ1) is 16.3.